The van der Waals surface area contributed by atoms with E-state index in [2.05, 4.69) is 5.32 Å². The van der Waals surface area contributed by atoms with Gasteiger partial charge in [-0.05, 0) is 50.1 Å². The van der Waals surface area contributed by atoms with Gasteiger partial charge >= 0.3 is 0 Å². The number of anilines is 1. The van der Waals surface area contributed by atoms with E-state index in [1.807, 2.05) is 13.8 Å². The number of rotatable bonds is 10. The maximum atomic E-state index is 13.5. The highest BCUT2D eigenvalue weighted by molar-refractivity contribution is 7.92. The van der Waals surface area contributed by atoms with Crippen molar-refractivity contribution in [2.45, 2.75) is 45.8 Å². The molecule has 0 bridgehead atoms. The maximum Gasteiger partial charge on any atom is 0.244 e. The van der Waals surface area contributed by atoms with Crippen molar-refractivity contribution in [2.75, 3.05) is 23.9 Å². The number of sulfonamides is 1. The highest BCUT2D eigenvalue weighted by Crippen LogP contribution is 2.36. The Bertz CT molecular complexity index is 1170. The monoisotopic (exact) mass is 507 g/mol. The summed E-state index contributed by atoms with van der Waals surface area (Å²) in [6, 6.07) is 9.12. The molecular formula is C24H30FN3O6S. The Morgan fingerprint density at radius 1 is 1.09 bits per heavy atom. The molecule has 3 rings (SSSR count). The van der Waals surface area contributed by atoms with Crippen LogP contribution in [-0.4, -0.2) is 56.8 Å². The molecule has 0 fully saturated rings. The molecule has 9 nitrogen and oxygen atoms in total. The Morgan fingerprint density at radius 3 is 2.37 bits per heavy atom. The van der Waals surface area contributed by atoms with E-state index in [4.69, 9.17) is 9.47 Å². The summed E-state index contributed by atoms with van der Waals surface area (Å²) in [5.74, 6) is -0.553. The molecule has 0 radical (unpaired) electrons. The number of hydrogen-bond acceptors (Lipinski definition) is 6. The number of hydrogen-bond donors (Lipinski definition) is 1. The number of halogens is 1. The lowest BCUT2D eigenvalue weighted by Gasteiger charge is -2.32. The predicted molar refractivity (Wildman–Crippen MR) is 129 cm³/mol. The first kappa shape index (κ1) is 26.3. The first-order valence-electron chi connectivity index (χ1n) is 11.2. The van der Waals surface area contributed by atoms with Crippen LogP contribution in [0.3, 0.4) is 0 Å². The smallest absolute Gasteiger partial charge is 0.244 e. The van der Waals surface area contributed by atoms with Gasteiger partial charge in [0.2, 0.25) is 28.6 Å². The zero-order valence-corrected chi connectivity index (χ0v) is 21.0. The topological polar surface area (TPSA) is 105 Å². The zero-order chi connectivity index (χ0) is 25.8. The van der Waals surface area contributed by atoms with Crippen LogP contribution in [0, 0.1) is 5.82 Å². The van der Waals surface area contributed by atoms with Crippen molar-refractivity contribution in [2.24, 2.45) is 0 Å². The molecule has 1 N–H and O–H groups in total. The lowest BCUT2D eigenvalue weighted by Crippen LogP contribution is -2.52. The Morgan fingerprint density at radius 2 is 1.74 bits per heavy atom. The van der Waals surface area contributed by atoms with Crippen molar-refractivity contribution in [1.29, 1.82) is 0 Å². The molecule has 0 saturated carbocycles. The minimum atomic E-state index is -3.87. The number of benzene rings is 2. The molecule has 11 heteroatoms. The fourth-order valence-electron chi connectivity index (χ4n) is 3.49. The van der Waals surface area contributed by atoms with E-state index in [0.717, 1.165) is 10.6 Å². The molecule has 0 unspecified atom stereocenters. The molecule has 2 amide bonds. The molecule has 0 aliphatic carbocycles. The van der Waals surface area contributed by atoms with E-state index in [-0.39, 0.29) is 31.0 Å². The van der Waals surface area contributed by atoms with Crippen molar-refractivity contribution in [3.05, 3.63) is 53.8 Å². The number of nitrogens with zero attached hydrogens (tertiary/aromatic N) is 2. The fourth-order valence-corrected chi connectivity index (χ4v) is 4.33. The summed E-state index contributed by atoms with van der Waals surface area (Å²) in [7, 11) is -3.87. The van der Waals surface area contributed by atoms with Crippen LogP contribution in [0.4, 0.5) is 10.1 Å². The first-order chi connectivity index (χ1) is 16.5. The Kier molecular flexibility index (Phi) is 8.21. The summed E-state index contributed by atoms with van der Waals surface area (Å²) in [6.45, 7) is 4.82. The van der Waals surface area contributed by atoms with Crippen molar-refractivity contribution in [3.63, 3.8) is 0 Å². The summed E-state index contributed by atoms with van der Waals surface area (Å²) >= 11 is 0. The van der Waals surface area contributed by atoms with Crippen LogP contribution in [-0.2, 0) is 26.2 Å². The summed E-state index contributed by atoms with van der Waals surface area (Å²) < 4.78 is 50.2. The van der Waals surface area contributed by atoms with Gasteiger partial charge in [-0.3, -0.25) is 13.9 Å². The third-order valence-electron chi connectivity index (χ3n) is 5.76. The van der Waals surface area contributed by atoms with Gasteiger partial charge in [0.05, 0.1) is 11.9 Å². The molecule has 1 aliphatic rings. The standard InChI is InChI=1S/C24H30FN3O6S/c1-5-16(2)26-24(30)17(3)27(13-18-6-8-19(25)9-7-18)23(29)14-28(35(4,31)32)20-10-11-21-22(12-20)34-15-33-21/h6-12,16-17H,5,13-15H2,1-4H3,(H,26,30)/t16-,17-/m1/s1. The van der Waals surface area contributed by atoms with Crippen LogP contribution < -0.4 is 19.1 Å². The van der Waals surface area contributed by atoms with E-state index in [1.165, 1.54) is 41.3 Å². The third-order valence-corrected chi connectivity index (χ3v) is 6.90. The van der Waals surface area contributed by atoms with Crippen LogP contribution >= 0.6 is 0 Å². The van der Waals surface area contributed by atoms with Gasteiger partial charge in [0.25, 0.3) is 0 Å². The van der Waals surface area contributed by atoms with Gasteiger partial charge in [0, 0.05) is 18.7 Å². The van der Waals surface area contributed by atoms with Crippen LogP contribution in [0.15, 0.2) is 42.5 Å². The van der Waals surface area contributed by atoms with Crippen LogP contribution in [0.25, 0.3) is 0 Å². The van der Waals surface area contributed by atoms with Crippen molar-refractivity contribution < 1.29 is 31.9 Å². The minimum absolute atomic E-state index is 0.00700. The Labute approximate surface area is 204 Å². The third kappa shape index (κ3) is 6.62. The first-order valence-corrected chi connectivity index (χ1v) is 13.1. The molecule has 0 aromatic heterocycles. The average molecular weight is 508 g/mol. The minimum Gasteiger partial charge on any atom is -0.454 e. The van der Waals surface area contributed by atoms with E-state index < -0.39 is 34.3 Å². The van der Waals surface area contributed by atoms with E-state index >= 15 is 0 Å². The number of fused-ring (bicyclic) bond motifs is 1. The average Bonchev–Trinajstić information content (AvgIpc) is 3.28. The molecule has 35 heavy (non-hydrogen) atoms. The number of carbonyl (C=O) groups excluding carboxylic acids is 2. The molecule has 1 heterocycles. The van der Waals surface area contributed by atoms with Gasteiger partial charge in [-0.1, -0.05) is 19.1 Å². The van der Waals surface area contributed by atoms with Crippen LogP contribution in [0.1, 0.15) is 32.8 Å². The van der Waals surface area contributed by atoms with Gasteiger partial charge in [0.15, 0.2) is 11.5 Å². The van der Waals surface area contributed by atoms with E-state index in [0.29, 0.717) is 23.5 Å². The van der Waals surface area contributed by atoms with Crippen molar-refractivity contribution in [3.8, 4) is 11.5 Å². The summed E-state index contributed by atoms with van der Waals surface area (Å²) in [6.07, 6.45) is 1.70. The Hall–Kier alpha value is -3.34. The van der Waals surface area contributed by atoms with Crippen LogP contribution in [0.2, 0.25) is 0 Å². The molecule has 2 aromatic rings. The molecule has 0 saturated heterocycles. The van der Waals surface area contributed by atoms with Crippen LogP contribution in [0.5, 0.6) is 11.5 Å². The number of amides is 2. The maximum absolute atomic E-state index is 13.5. The van der Waals surface area contributed by atoms with E-state index in [1.54, 1.807) is 13.0 Å². The van der Waals surface area contributed by atoms with Crippen molar-refractivity contribution >= 4 is 27.5 Å². The highest BCUT2D eigenvalue weighted by Gasteiger charge is 2.31. The fraction of sp³-hybridized carbons (Fsp3) is 0.417. The summed E-state index contributed by atoms with van der Waals surface area (Å²) in [5, 5.41) is 2.85. The zero-order valence-electron chi connectivity index (χ0n) is 20.2. The van der Waals surface area contributed by atoms with Gasteiger partial charge < -0.3 is 19.7 Å². The molecule has 190 valence electrons. The SMILES string of the molecule is CC[C@@H](C)NC(=O)[C@@H](C)N(Cc1ccc(F)cc1)C(=O)CN(c1ccc2c(c1)OCO2)S(C)(=O)=O. The second-order valence-corrected chi connectivity index (χ2v) is 10.4. The summed E-state index contributed by atoms with van der Waals surface area (Å²) in [5.41, 5.74) is 0.820. The number of nitrogens with one attached hydrogen (secondary N) is 1. The number of carbonyl (C=O) groups is 2. The van der Waals surface area contributed by atoms with Gasteiger partial charge in [0.1, 0.15) is 18.4 Å². The molecule has 2 aromatic carbocycles. The molecule has 1 aliphatic heterocycles. The second kappa shape index (κ2) is 10.9. The predicted octanol–water partition coefficient (Wildman–Crippen LogP) is 2.65. The highest BCUT2D eigenvalue weighted by atomic mass is 32.2. The van der Waals surface area contributed by atoms with Gasteiger partial charge in [-0.25, -0.2) is 12.8 Å². The lowest BCUT2D eigenvalue weighted by molar-refractivity contribution is -0.139. The second-order valence-electron chi connectivity index (χ2n) is 8.45. The van der Waals surface area contributed by atoms with E-state index in [9.17, 15) is 22.4 Å². The molecule has 2 atom stereocenters. The summed E-state index contributed by atoms with van der Waals surface area (Å²) in [4.78, 5) is 27.6. The molecular weight excluding hydrogens is 477 g/mol. The molecule has 0 spiro atoms. The van der Waals surface area contributed by atoms with Crippen molar-refractivity contribution in [1.82, 2.24) is 10.2 Å². The quantitative estimate of drug-likeness (QED) is 0.530. The lowest BCUT2D eigenvalue weighted by atomic mass is 10.1. The number of ether oxygens (including phenoxy) is 2. The Balaban J connectivity index is 1.90. The van der Waals surface area contributed by atoms with Gasteiger partial charge in [-0.2, -0.15) is 0 Å². The largest absolute Gasteiger partial charge is 0.454 e. The normalized spacial score (nSPS) is 14.2. The van der Waals surface area contributed by atoms with Gasteiger partial charge in [-0.15, -0.1) is 0 Å².